The van der Waals surface area contributed by atoms with Gasteiger partial charge in [-0.25, -0.2) is 4.39 Å². The van der Waals surface area contributed by atoms with E-state index in [0.29, 0.717) is 38.8 Å². The van der Waals surface area contributed by atoms with Gasteiger partial charge in [0.05, 0.1) is 38.6 Å². The van der Waals surface area contributed by atoms with Crippen LogP contribution in [0.15, 0.2) is 18.2 Å². The molecule has 0 saturated heterocycles. The maximum absolute atomic E-state index is 13.6. The molecule has 0 aromatic heterocycles. The average molecular weight is 317 g/mol. The Bertz CT molecular complexity index is 445. The predicted octanol–water partition coefficient (Wildman–Crippen LogP) is 1.52. The summed E-state index contributed by atoms with van der Waals surface area (Å²) in [4.78, 5) is -0.0319. The van der Waals surface area contributed by atoms with Gasteiger partial charge in [0.25, 0.3) is 0 Å². The van der Waals surface area contributed by atoms with E-state index in [1.807, 2.05) is 0 Å². The molecule has 0 unspecified atom stereocenters. The first-order chi connectivity index (χ1) is 10.2. The van der Waals surface area contributed by atoms with Crippen molar-refractivity contribution >= 4 is 17.2 Å². The standard InChI is InChI=1S/C14H20FNO4S/c1-17-5-6-18-7-8-19-9-10-20-12-4-2-3-11(15)13(12)14(16)21/h2-4H,5-10H2,1H3,(H2,16,21). The van der Waals surface area contributed by atoms with E-state index >= 15 is 0 Å². The summed E-state index contributed by atoms with van der Waals surface area (Å²) in [6, 6.07) is 4.44. The molecule has 0 saturated carbocycles. The van der Waals surface area contributed by atoms with Crippen LogP contribution in [0, 0.1) is 5.82 Å². The third-order valence-corrected chi connectivity index (χ3v) is 2.71. The number of thiocarbonyl (C=S) groups is 1. The molecule has 0 aliphatic heterocycles. The number of ether oxygens (including phenoxy) is 4. The third kappa shape index (κ3) is 6.81. The van der Waals surface area contributed by atoms with Gasteiger partial charge in [-0.15, -0.1) is 0 Å². The average Bonchev–Trinajstić information content (AvgIpc) is 2.45. The van der Waals surface area contributed by atoms with Crippen molar-refractivity contribution < 1.29 is 23.3 Å². The van der Waals surface area contributed by atoms with Crippen molar-refractivity contribution in [1.29, 1.82) is 0 Å². The van der Waals surface area contributed by atoms with E-state index in [9.17, 15) is 4.39 Å². The van der Waals surface area contributed by atoms with Crippen LogP contribution in [0.3, 0.4) is 0 Å². The molecule has 0 fully saturated rings. The Morgan fingerprint density at radius 1 is 1.10 bits per heavy atom. The summed E-state index contributed by atoms with van der Waals surface area (Å²) in [7, 11) is 1.62. The summed E-state index contributed by atoms with van der Waals surface area (Å²) in [5.74, 6) is -0.171. The third-order valence-electron chi connectivity index (χ3n) is 2.51. The molecule has 7 heteroatoms. The van der Waals surface area contributed by atoms with Gasteiger partial charge in [0, 0.05) is 7.11 Å². The molecule has 2 N–H and O–H groups in total. The van der Waals surface area contributed by atoms with Crippen LogP contribution in [0.25, 0.3) is 0 Å². The van der Waals surface area contributed by atoms with Gasteiger partial charge < -0.3 is 24.7 Å². The molecule has 0 heterocycles. The lowest BCUT2D eigenvalue weighted by molar-refractivity contribution is 0.0179. The normalized spacial score (nSPS) is 10.6. The number of halogens is 1. The molecule has 21 heavy (non-hydrogen) atoms. The van der Waals surface area contributed by atoms with Gasteiger partial charge in [-0.2, -0.15) is 0 Å². The summed E-state index contributed by atoms with van der Waals surface area (Å²) < 4.78 is 34.4. The second kappa shape index (κ2) is 10.4. The van der Waals surface area contributed by atoms with E-state index in [1.54, 1.807) is 13.2 Å². The van der Waals surface area contributed by atoms with E-state index in [-0.39, 0.29) is 17.2 Å². The first kappa shape index (κ1) is 17.8. The Labute approximate surface area is 129 Å². The molecule has 118 valence electrons. The highest BCUT2D eigenvalue weighted by molar-refractivity contribution is 7.80. The molecular formula is C14H20FNO4S. The minimum absolute atomic E-state index is 0.0319. The second-order valence-corrected chi connectivity index (χ2v) is 4.48. The minimum Gasteiger partial charge on any atom is -0.490 e. The highest BCUT2D eigenvalue weighted by Crippen LogP contribution is 2.21. The minimum atomic E-state index is -0.493. The lowest BCUT2D eigenvalue weighted by Gasteiger charge is -2.11. The zero-order valence-corrected chi connectivity index (χ0v) is 12.8. The van der Waals surface area contributed by atoms with E-state index in [2.05, 4.69) is 0 Å². The van der Waals surface area contributed by atoms with Gasteiger partial charge in [0.15, 0.2) is 0 Å². The molecule has 0 radical (unpaired) electrons. The van der Waals surface area contributed by atoms with Crippen LogP contribution in [0.2, 0.25) is 0 Å². The van der Waals surface area contributed by atoms with E-state index < -0.39 is 5.82 Å². The first-order valence-electron chi connectivity index (χ1n) is 6.52. The summed E-state index contributed by atoms with van der Waals surface area (Å²) in [6.07, 6.45) is 0. The van der Waals surface area contributed by atoms with Crippen LogP contribution in [-0.2, 0) is 14.2 Å². The van der Waals surface area contributed by atoms with Gasteiger partial charge in [0.2, 0.25) is 0 Å². The summed E-state index contributed by atoms with van der Waals surface area (Å²) in [5, 5.41) is 0. The van der Waals surface area contributed by atoms with Crippen molar-refractivity contribution in [2.75, 3.05) is 46.8 Å². The second-order valence-electron chi connectivity index (χ2n) is 4.04. The molecule has 1 aromatic carbocycles. The van der Waals surface area contributed by atoms with Crippen molar-refractivity contribution in [3.05, 3.63) is 29.6 Å². The Morgan fingerprint density at radius 3 is 2.33 bits per heavy atom. The topological polar surface area (TPSA) is 62.9 Å². The number of hydrogen-bond acceptors (Lipinski definition) is 5. The van der Waals surface area contributed by atoms with Crippen molar-refractivity contribution in [2.45, 2.75) is 0 Å². The zero-order chi connectivity index (χ0) is 15.5. The molecule has 0 spiro atoms. The number of rotatable bonds is 11. The van der Waals surface area contributed by atoms with Gasteiger partial charge >= 0.3 is 0 Å². The van der Waals surface area contributed by atoms with Gasteiger partial charge in [-0.3, -0.25) is 0 Å². The van der Waals surface area contributed by atoms with Crippen molar-refractivity contribution in [2.24, 2.45) is 5.73 Å². The molecule has 0 aliphatic carbocycles. The Balaban J connectivity index is 2.21. The highest BCUT2D eigenvalue weighted by atomic mass is 32.1. The molecule has 5 nitrogen and oxygen atoms in total. The molecular weight excluding hydrogens is 297 g/mol. The maximum Gasteiger partial charge on any atom is 0.137 e. The quantitative estimate of drug-likeness (QED) is 0.493. The first-order valence-corrected chi connectivity index (χ1v) is 6.93. The highest BCUT2D eigenvalue weighted by Gasteiger charge is 2.11. The molecule has 0 bridgehead atoms. The van der Waals surface area contributed by atoms with Crippen LogP contribution in [-0.4, -0.2) is 51.7 Å². The fraction of sp³-hybridized carbons (Fsp3) is 0.500. The number of benzene rings is 1. The Hall–Kier alpha value is -1.28. The van der Waals surface area contributed by atoms with Crippen molar-refractivity contribution in [1.82, 2.24) is 0 Å². The van der Waals surface area contributed by atoms with Crippen LogP contribution in [0.1, 0.15) is 5.56 Å². The number of methoxy groups -OCH3 is 1. The smallest absolute Gasteiger partial charge is 0.137 e. The molecule has 1 rings (SSSR count). The Kier molecular flexibility index (Phi) is 8.84. The molecule has 0 amide bonds. The fourth-order valence-corrected chi connectivity index (χ4v) is 1.74. The lowest BCUT2D eigenvalue weighted by atomic mass is 10.2. The van der Waals surface area contributed by atoms with Crippen molar-refractivity contribution in [3.63, 3.8) is 0 Å². The van der Waals surface area contributed by atoms with Crippen LogP contribution >= 0.6 is 12.2 Å². The van der Waals surface area contributed by atoms with E-state index in [4.69, 9.17) is 36.9 Å². The van der Waals surface area contributed by atoms with Gasteiger partial charge in [-0.1, -0.05) is 18.3 Å². The van der Waals surface area contributed by atoms with Crippen LogP contribution < -0.4 is 10.5 Å². The summed E-state index contributed by atoms with van der Waals surface area (Å²) in [5.41, 5.74) is 5.60. The molecule has 0 atom stereocenters. The SMILES string of the molecule is COCCOCCOCCOc1cccc(F)c1C(N)=S. The summed E-state index contributed by atoms with van der Waals surface area (Å²) in [6.45, 7) is 2.68. The van der Waals surface area contributed by atoms with Gasteiger partial charge in [0.1, 0.15) is 23.2 Å². The van der Waals surface area contributed by atoms with Gasteiger partial charge in [-0.05, 0) is 12.1 Å². The monoisotopic (exact) mass is 317 g/mol. The molecule has 1 aromatic rings. The Morgan fingerprint density at radius 2 is 1.71 bits per heavy atom. The lowest BCUT2D eigenvalue weighted by Crippen LogP contribution is -2.16. The van der Waals surface area contributed by atoms with Crippen LogP contribution in [0.5, 0.6) is 5.75 Å². The zero-order valence-electron chi connectivity index (χ0n) is 12.0. The predicted molar refractivity (Wildman–Crippen MR) is 81.3 cm³/mol. The molecule has 0 aliphatic rings. The maximum atomic E-state index is 13.6. The number of nitrogens with two attached hydrogens (primary N) is 1. The summed E-state index contributed by atoms with van der Waals surface area (Å²) >= 11 is 4.81. The number of hydrogen-bond donors (Lipinski definition) is 1. The van der Waals surface area contributed by atoms with Crippen LogP contribution in [0.4, 0.5) is 4.39 Å². The largest absolute Gasteiger partial charge is 0.490 e. The van der Waals surface area contributed by atoms with E-state index in [1.165, 1.54) is 12.1 Å². The fourth-order valence-electron chi connectivity index (χ4n) is 1.54. The van der Waals surface area contributed by atoms with Crippen molar-refractivity contribution in [3.8, 4) is 5.75 Å². The van der Waals surface area contributed by atoms with E-state index in [0.717, 1.165) is 0 Å².